The highest BCUT2D eigenvalue weighted by Gasteiger charge is 2.34. The van der Waals surface area contributed by atoms with Crippen molar-refractivity contribution in [2.24, 2.45) is 0 Å². The number of amides is 2. The first-order valence-electron chi connectivity index (χ1n) is 10.1. The highest BCUT2D eigenvalue weighted by atomic mass is 79.9. The topological polar surface area (TPSA) is 98.1 Å². The van der Waals surface area contributed by atoms with Crippen molar-refractivity contribution in [3.63, 3.8) is 0 Å². The Morgan fingerprint density at radius 2 is 1.97 bits per heavy atom. The fourth-order valence-corrected chi connectivity index (χ4v) is 3.46. The minimum atomic E-state index is -0.328. The predicted molar refractivity (Wildman–Crippen MR) is 120 cm³/mol. The van der Waals surface area contributed by atoms with Crippen LogP contribution >= 0.6 is 15.9 Å². The molecule has 2 aromatic carbocycles. The van der Waals surface area contributed by atoms with E-state index in [1.807, 2.05) is 31.2 Å². The molecule has 1 aliphatic carbocycles. The molecule has 0 radical (unpaired) electrons. The van der Waals surface area contributed by atoms with Crippen molar-refractivity contribution >= 4 is 33.4 Å². The zero-order valence-electron chi connectivity index (χ0n) is 17.0. The van der Waals surface area contributed by atoms with Gasteiger partial charge < -0.3 is 15.4 Å². The number of likely N-dealkylation sites (N-methyl/N-ethyl adjacent to an activating group) is 1. The summed E-state index contributed by atoms with van der Waals surface area (Å²) in [6, 6.07) is 14.6. The number of anilines is 1. The Morgan fingerprint density at radius 1 is 1.19 bits per heavy atom. The van der Waals surface area contributed by atoms with Gasteiger partial charge in [-0.2, -0.15) is 0 Å². The summed E-state index contributed by atoms with van der Waals surface area (Å²) in [6.45, 7) is 2.30. The van der Waals surface area contributed by atoms with Crippen molar-refractivity contribution in [2.45, 2.75) is 25.7 Å². The fourth-order valence-electron chi connectivity index (χ4n) is 3.20. The van der Waals surface area contributed by atoms with E-state index >= 15 is 0 Å². The Kier molecular flexibility index (Phi) is 6.31. The number of benzene rings is 2. The maximum absolute atomic E-state index is 13.0. The van der Waals surface area contributed by atoms with Crippen LogP contribution in [0.5, 0.6) is 5.75 Å². The molecule has 0 unspecified atom stereocenters. The van der Waals surface area contributed by atoms with Gasteiger partial charge in [-0.15, -0.1) is 5.10 Å². The van der Waals surface area contributed by atoms with Gasteiger partial charge in [-0.3, -0.25) is 9.59 Å². The van der Waals surface area contributed by atoms with Crippen LogP contribution in [-0.2, 0) is 4.79 Å². The molecule has 2 amide bonds. The molecule has 0 bridgehead atoms. The number of carbonyl (C=O) groups excluding carboxylic acids is 2. The molecule has 1 saturated carbocycles. The molecular weight excluding hydrogens is 462 g/mol. The van der Waals surface area contributed by atoms with E-state index in [4.69, 9.17) is 4.74 Å². The Labute approximate surface area is 188 Å². The Balaban J connectivity index is 1.51. The maximum atomic E-state index is 13.0. The molecule has 2 N–H and O–H groups in total. The summed E-state index contributed by atoms with van der Waals surface area (Å²) in [4.78, 5) is 24.6. The number of halogens is 1. The summed E-state index contributed by atoms with van der Waals surface area (Å²) in [5, 5.41) is 14.0. The number of nitrogens with zero attached hydrogens (tertiary/aromatic N) is 3. The molecule has 1 heterocycles. The molecule has 9 heteroatoms. The molecule has 1 aliphatic rings. The Hall–Kier alpha value is -3.20. The van der Waals surface area contributed by atoms with Crippen LogP contribution in [0.15, 0.2) is 53.0 Å². The number of carbonyl (C=O) groups is 2. The Morgan fingerprint density at radius 3 is 2.68 bits per heavy atom. The van der Waals surface area contributed by atoms with E-state index in [2.05, 4.69) is 36.9 Å². The molecule has 160 valence electrons. The van der Waals surface area contributed by atoms with Gasteiger partial charge in [0.2, 0.25) is 0 Å². The minimum absolute atomic E-state index is 0.0847. The molecule has 3 aromatic rings. The average Bonchev–Trinajstić information content (AvgIpc) is 3.51. The third-order valence-electron chi connectivity index (χ3n) is 4.79. The van der Waals surface area contributed by atoms with Crippen LogP contribution < -0.4 is 15.4 Å². The lowest BCUT2D eigenvalue weighted by molar-refractivity contribution is -0.122. The van der Waals surface area contributed by atoms with E-state index in [0.717, 1.165) is 28.7 Å². The van der Waals surface area contributed by atoms with Gasteiger partial charge in [0.15, 0.2) is 12.3 Å². The van der Waals surface area contributed by atoms with Crippen molar-refractivity contribution in [1.29, 1.82) is 0 Å². The first-order valence-corrected chi connectivity index (χ1v) is 10.9. The fraction of sp³-hybridized carbons (Fsp3) is 0.273. The summed E-state index contributed by atoms with van der Waals surface area (Å²) in [7, 11) is 0. The zero-order chi connectivity index (χ0) is 21.8. The summed E-state index contributed by atoms with van der Waals surface area (Å²) < 4.78 is 8.20. The second-order valence-corrected chi connectivity index (χ2v) is 8.13. The van der Waals surface area contributed by atoms with Crippen molar-refractivity contribution in [1.82, 2.24) is 20.3 Å². The standard InChI is InChI=1S/C22H22BrN5O3/c1-2-24-19(29)13-31-18-5-3-4-16(12-18)25-22(30)20-21(14-6-7-14)28(27-26-20)17-10-8-15(23)9-11-17/h3-5,8-12,14H,2,6-7,13H2,1H3,(H,24,29)(H,25,30). The van der Waals surface area contributed by atoms with Crippen molar-refractivity contribution < 1.29 is 14.3 Å². The number of rotatable bonds is 8. The summed E-state index contributed by atoms with van der Waals surface area (Å²) in [5.41, 5.74) is 2.55. The molecule has 0 saturated heterocycles. The van der Waals surface area contributed by atoms with Gasteiger partial charge in [-0.25, -0.2) is 4.68 Å². The monoisotopic (exact) mass is 483 g/mol. The number of nitrogens with one attached hydrogen (secondary N) is 2. The molecule has 1 fully saturated rings. The molecular formula is C22H22BrN5O3. The molecule has 0 aliphatic heterocycles. The number of hydrogen-bond acceptors (Lipinski definition) is 5. The lowest BCUT2D eigenvalue weighted by Crippen LogP contribution is -2.28. The van der Waals surface area contributed by atoms with E-state index in [9.17, 15) is 9.59 Å². The predicted octanol–water partition coefficient (Wildman–Crippen LogP) is 3.67. The van der Waals surface area contributed by atoms with Crippen molar-refractivity contribution in [3.05, 3.63) is 64.4 Å². The van der Waals surface area contributed by atoms with E-state index < -0.39 is 0 Å². The van der Waals surface area contributed by atoms with Gasteiger partial charge in [0.05, 0.1) is 11.4 Å². The van der Waals surface area contributed by atoms with Crippen LogP contribution in [0.25, 0.3) is 5.69 Å². The number of hydrogen-bond donors (Lipinski definition) is 2. The van der Waals surface area contributed by atoms with E-state index in [0.29, 0.717) is 23.7 Å². The highest BCUT2D eigenvalue weighted by molar-refractivity contribution is 9.10. The second-order valence-electron chi connectivity index (χ2n) is 7.21. The summed E-state index contributed by atoms with van der Waals surface area (Å²) >= 11 is 3.43. The SMILES string of the molecule is CCNC(=O)COc1cccc(NC(=O)c2nnn(-c3ccc(Br)cc3)c2C2CC2)c1. The minimum Gasteiger partial charge on any atom is -0.484 e. The smallest absolute Gasteiger partial charge is 0.278 e. The third kappa shape index (κ3) is 5.11. The molecule has 31 heavy (non-hydrogen) atoms. The molecule has 1 aromatic heterocycles. The largest absolute Gasteiger partial charge is 0.484 e. The van der Waals surface area contributed by atoms with Crippen LogP contribution in [0.1, 0.15) is 41.9 Å². The molecule has 0 atom stereocenters. The molecule has 0 spiro atoms. The maximum Gasteiger partial charge on any atom is 0.278 e. The summed E-state index contributed by atoms with van der Waals surface area (Å²) in [6.07, 6.45) is 2.01. The lowest BCUT2D eigenvalue weighted by atomic mass is 10.2. The molecule has 8 nitrogen and oxygen atoms in total. The zero-order valence-corrected chi connectivity index (χ0v) is 18.6. The van der Waals surface area contributed by atoms with Gasteiger partial charge in [0.1, 0.15) is 5.75 Å². The summed E-state index contributed by atoms with van der Waals surface area (Å²) in [5.74, 6) is 0.234. The first kappa shape index (κ1) is 21.0. The Bertz CT molecular complexity index is 1090. The van der Waals surface area contributed by atoms with Gasteiger partial charge in [0, 0.05) is 28.7 Å². The lowest BCUT2D eigenvalue weighted by Gasteiger charge is -2.10. The van der Waals surface area contributed by atoms with Gasteiger partial charge in [-0.05, 0) is 56.2 Å². The van der Waals surface area contributed by atoms with Crippen LogP contribution in [0.2, 0.25) is 0 Å². The van der Waals surface area contributed by atoms with E-state index in [1.165, 1.54) is 0 Å². The van der Waals surface area contributed by atoms with Crippen LogP contribution in [0.4, 0.5) is 5.69 Å². The number of aromatic nitrogens is 3. The van der Waals surface area contributed by atoms with Gasteiger partial charge in [-0.1, -0.05) is 27.2 Å². The number of ether oxygens (including phenoxy) is 1. The normalized spacial score (nSPS) is 13.0. The quantitative estimate of drug-likeness (QED) is 0.509. The second kappa shape index (κ2) is 9.30. The van der Waals surface area contributed by atoms with Crippen molar-refractivity contribution in [2.75, 3.05) is 18.5 Å². The van der Waals surface area contributed by atoms with Gasteiger partial charge >= 0.3 is 0 Å². The van der Waals surface area contributed by atoms with E-state index in [-0.39, 0.29) is 24.3 Å². The molecule has 4 rings (SSSR count). The first-order chi connectivity index (χ1) is 15.0. The van der Waals surface area contributed by atoms with Gasteiger partial charge in [0.25, 0.3) is 11.8 Å². The van der Waals surface area contributed by atoms with E-state index in [1.54, 1.807) is 28.9 Å². The highest BCUT2D eigenvalue weighted by Crippen LogP contribution is 2.42. The van der Waals surface area contributed by atoms with Crippen molar-refractivity contribution in [3.8, 4) is 11.4 Å². The van der Waals surface area contributed by atoms with Crippen LogP contribution in [0.3, 0.4) is 0 Å². The van der Waals surface area contributed by atoms with Crippen LogP contribution in [0, 0.1) is 0 Å². The third-order valence-corrected chi connectivity index (χ3v) is 5.32. The average molecular weight is 484 g/mol. The van der Waals surface area contributed by atoms with Crippen LogP contribution in [-0.4, -0.2) is 40.0 Å².